The molecule has 0 aliphatic heterocycles. The van der Waals surface area contributed by atoms with Crippen LogP contribution in [0.25, 0.3) is 0 Å². The molecular weight excluding hydrogens is 379 g/mol. The minimum atomic E-state index is -0.0578. The van der Waals surface area contributed by atoms with Crippen LogP contribution in [0.15, 0.2) is 16.6 Å². The van der Waals surface area contributed by atoms with Gasteiger partial charge in [-0.2, -0.15) is 0 Å². The summed E-state index contributed by atoms with van der Waals surface area (Å²) in [5.41, 5.74) is 7.72. The van der Waals surface area contributed by atoms with Gasteiger partial charge in [0.15, 0.2) is 5.13 Å². The number of nitrogen functional groups attached to an aromatic ring is 1. The first kappa shape index (κ1) is 16.1. The topological polar surface area (TPSA) is 38.9 Å². The van der Waals surface area contributed by atoms with Crippen molar-refractivity contribution in [2.45, 2.75) is 32.6 Å². The third-order valence-electron chi connectivity index (χ3n) is 2.87. The molecule has 0 saturated carbocycles. The zero-order valence-electron chi connectivity index (χ0n) is 11.4. The van der Waals surface area contributed by atoms with Crippen molar-refractivity contribution in [3.63, 3.8) is 0 Å². The highest BCUT2D eigenvalue weighted by Crippen LogP contribution is 2.36. The fourth-order valence-electron chi connectivity index (χ4n) is 1.98. The maximum atomic E-state index is 6.30. The molecule has 108 valence electrons. The van der Waals surface area contributed by atoms with Crippen LogP contribution in [0, 0.1) is 0 Å². The molecule has 20 heavy (non-hydrogen) atoms. The Kier molecular flexibility index (Phi) is 4.69. The van der Waals surface area contributed by atoms with Crippen molar-refractivity contribution >= 4 is 55.6 Å². The summed E-state index contributed by atoms with van der Waals surface area (Å²) in [6.07, 6.45) is 0.645. The molecule has 0 atom stereocenters. The summed E-state index contributed by atoms with van der Waals surface area (Å²) in [4.78, 5) is 5.57. The molecule has 2 nitrogen and oxygen atoms in total. The maximum Gasteiger partial charge on any atom is 0.180 e. The number of thiazole rings is 1. The summed E-state index contributed by atoms with van der Waals surface area (Å²) in [5.74, 6) is 0. The van der Waals surface area contributed by atoms with Gasteiger partial charge in [-0.15, -0.1) is 11.3 Å². The van der Waals surface area contributed by atoms with E-state index in [1.54, 1.807) is 0 Å². The Morgan fingerprint density at radius 2 is 1.80 bits per heavy atom. The van der Waals surface area contributed by atoms with Gasteiger partial charge in [-0.25, -0.2) is 4.98 Å². The van der Waals surface area contributed by atoms with Crippen molar-refractivity contribution in [1.29, 1.82) is 0 Å². The number of hydrogen-bond donors (Lipinski definition) is 1. The lowest BCUT2D eigenvalue weighted by Gasteiger charge is -2.18. The number of aromatic nitrogens is 1. The predicted octanol–water partition coefficient (Wildman–Crippen LogP) is 5.68. The fourth-order valence-corrected chi connectivity index (χ4v) is 4.37. The molecule has 0 fully saturated rings. The van der Waals surface area contributed by atoms with Crippen molar-refractivity contribution in [2.75, 3.05) is 5.73 Å². The Balaban J connectivity index is 2.46. The highest BCUT2D eigenvalue weighted by molar-refractivity contribution is 9.10. The Hall–Kier alpha value is -0.290. The number of halogens is 3. The van der Waals surface area contributed by atoms with E-state index in [9.17, 15) is 0 Å². The van der Waals surface area contributed by atoms with Gasteiger partial charge in [0, 0.05) is 31.2 Å². The van der Waals surface area contributed by atoms with Gasteiger partial charge in [0.25, 0.3) is 0 Å². The van der Waals surface area contributed by atoms with Gasteiger partial charge in [-0.3, -0.25) is 0 Å². The number of rotatable bonds is 2. The molecule has 0 radical (unpaired) electrons. The van der Waals surface area contributed by atoms with Crippen LogP contribution in [0.5, 0.6) is 0 Å². The first-order valence-electron chi connectivity index (χ1n) is 6.07. The maximum absolute atomic E-state index is 6.30. The van der Waals surface area contributed by atoms with Crippen molar-refractivity contribution in [2.24, 2.45) is 0 Å². The Morgan fingerprint density at radius 1 is 1.25 bits per heavy atom. The SMILES string of the molecule is CC(C)(C)c1nc(N)sc1Cc1c(Cl)cc(Br)cc1Cl. The van der Waals surface area contributed by atoms with Crippen LogP contribution in [-0.2, 0) is 11.8 Å². The van der Waals surface area contributed by atoms with Gasteiger partial charge in [-0.05, 0) is 17.7 Å². The van der Waals surface area contributed by atoms with Gasteiger partial charge in [0.2, 0.25) is 0 Å². The normalized spacial score (nSPS) is 11.9. The second kappa shape index (κ2) is 5.84. The standard InChI is InChI=1S/C14H15BrCl2N2S/c1-14(2,3)12-11(20-13(18)19-12)6-8-9(16)4-7(15)5-10(8)17/h4-5H,6H2,1-3H3,(H2,18,19). The van der Waals surface area contributed by atoms with Crippen LogP contribution in [-0.4, -0.2) is 4.98 Å². The van der Waals surface area contributed by atoms with E-state index in [-0.39, 0.29) is 5.41 Å². The fraction of sp³-hybridized carbons (Fsp3) is 0.357. The average Bonchev–Trinajstić information content (AvgIpc) is 2.64. The Labute approximate surface area is 141 Å². The molecule has 2 rings (SSSR count). The van der Waals surface area contributed by atoms with Crippen LogP contribution < -0.4 is 5.73 Å². The molecule has 2 N–H and O–H groups in total. The molecule has 0 amide bonds. The van der Waals surface area contributed by atoms with E-state index < -0.39 is 0 Å². The lowest BCUT2D eigenvalue weighted by molar-refractivity contribution is 0.568. The largest absolute Gasteiger partial charge is 0.375 e. The van der Waals surface area contributed by atoms with E-state index in [1.807, 2.05) is 12.1 Å². The molecule has 0 spiro atoms. The summed E-state index contributed by atoms with van der Waals surface area (Å²) >= 11 is 17.5. The van der Waals surface area contributed by atoms with Gasteiger partial charge in [-0.1, -0.05) is 59.9 Å². The monoisotopic (exact) mass is 392 g/mol. The highest BCUT2D eigenvalue weighted by atomic mass is 79.9. The smallest absolute Gasteiger partial charge is 0.180 e. The first-order chi connectivity index (χ1) is 9.18. The zero-order chi connectivity index (χ0) is 15.1. The first-order valence-corrected chi connectivity index (χ1v) is 8.44. The van der Waals surface area contributed by atoms with Crippen LogP contribution in [0.1, 0.15) is 36.9 Å². The van der Waals surface area contributed by atoms with Crippen LogP contribution >= 0.6 is 50.5 Å². The third kappa shape index (κ3) is 3.48. The van der Waals surface area contributed by atoms with E-state index >= 15 is 0 Å². The summed E-state index contributed by atoms with van der Waals surface area (Å²) in [6.45, 7) is 6.36. The van der Waals surface area contributed by atoms with Crippen LogP contribution in [0.2, 0.25) is 10.0 Å². The molecular formula is C14H15BrCl2N2S. The minimum absolute atomic E-state index is 0.0578. The molecule has 0 saturated heterocycles. The van der Waals surface area contributed by atoms with Gasteiger partial charge in [0.05, 0.1) is 5.69 Å². The Morgan fingerprint density at radius 3 is 2.30 bits per heavy atom. The van der Waals surface area contributed by atoms with Crippen molar-refractivity contribution in [3.8, 4) is 0 Å². The lowest BCUT2D eigenvalue weighted by Crippen LogP contribution is -2.14. The van der Waals surface area contributed by atoms with Gasteiger partial charge >= 0.3 is 0 Å². The van der Waals surface area contributed by atoms with Gasteiger partial charge in [0.1, 0.15) is 0 Å². The molecule has 1 heterocycles. The second-order valence-corrected chi connectivity index (χ2v) is 8.44. The van der Waals surface area contributed by atoms with Crippen molar-refractivity contribution in [3.05, 3.63) is 42.8 Å². The summed E-state index contributed by atoms with van der Waals surface area (Å²) in [7, 11) is 0. The summed E-state index contributed by atoms with van der Waals surface area (Å²) in [6, 6.07) is 3.70. The van der Waals surface area contributed by atoms with E-state index in [0.29, 0.717) is 21.6 Å². The average molecular weight is 394 g/mol. The highest BCUT2D eigenvalue weighted by Gasteiger charge is 2.23. The Bertz CT molecular complexity index is 624. The number of anilines is 1. The molecule has 0 bridgehead atoms. The molecule has 2 aromatic rings. The molecule has 1 aromatic carbocycles. The molecule has 0 aliphatic rings. The zero-order valence-corrected chi connectivity index (χ0v) is 15.3. The van der Waals surface area contributed by atoms with Crippen LogP contribution in [0.3, 0.4) is 0 Å². The number of benzene rings is 1. The minimum Gasteiger partial charge on any atom is -0.375 e. The lowest BCUT2D eigenvalue weighted by atomic mass is 9.90. The quantitative estimate of drug-likeness (QED) is 0.712. The number of hydrogen-bond acceptors (Lipinski definition) is 3. The van der Waals surface area contributed by atoms with E-state index in [1.165, 1.54) is 11.3 Å². The molecule has 6 heteroatoms. The number of nitrogens with zero attached hydrogens (tertiary/aromatic N) is 1. The number of nitrogens with two attached hydrogens (primary N) is 1. The van der Waals surface area contributed by atoms with Crippen molar-refractivity contribution in [1.82, 2.24) is 4.98 Å². The second-order valence-electron chi connectivity index (χ2n) is 5.60. The molecule has 1 aromatic heterocycles. The predicted molar refractivity (Wildman–Crippen MR) is 92.2 cm³/mol. The van der Waals surface area contributed by atoms with Crippen LogP contribution in [0.4, 0.5) is 5.13 Å². The summed E-state index contributed by atoms with van der Waals surface area (Å²) < 4.78 is 0.871. The third-order valence-corrected chi connectivity index (χ3v) is 4.88. The van der Waals surface area contributed by atoms with E-state index in [4.69, 9.17) is 28.9 Å². The van der Waals surface area contributed by atoms with Crippen molar-refractivity contribution < 1.29 is 0 Å². The summed E-state index contributed by atoms with van der Waals surface area (Å²) in [5, 5.41) is 1.88. The molecule has 0 aliphatic carbocycles. The van der Waals surface area contributed by atoms with E-state index in [0.717, 1.165) is 20.6 Å². The van der Waals surface area contributed by atoms with Gasteiger partial charge < -0.3 is 5.73 Å². The molecule has 0 unspecified atom stereocenters. The van der Waals surface area contributed by atoms with E-state index in [2.05, 4.69) is 41.7 Å².